The average Bonchev–Trinajstić information content (AvgIpc) is 2.80. The molecule has 2 saturated heterocycles. The van der Waals surface area contributed by atoms with E-state index in [9.17, 15) is 19.5 Å². The molecule has 0 bridgehead atoms. The van der Waals surface area contributed by atoms with Crippen LogP contribution in [0.1, 0.15) is 25.5 Å². The van der Waals surface area contributed by atoms with E-state index in [1.165, 1.54) is 16.7 Å². The van der Waals surface area contributed by atoms with Gasteiger partial charge in [0.1, 0.15) is 23.5 Å². The second-order valence-electron chi connectivity index (χ2n) is 6.47. The summed E-state index contributed by atoms with van der Waals surface area (Å²) in [5, 5.41) is 11.7. The Morgan fingerprint density at radius 2 is 1.92 bits per heavy atom. The molecule has 2 aliphatic heterocycles. The fraction of sp³-hybridized carbons (Fsp3) is 0.438. The number of carbonyl (C=O) groups excluding carboxylic acids is 2. The molecule has 1 aromatic rings. The van der Waals surface area contributed by atoms with Gasteiger partial charge >= 0.3 is 5.97 Å². The first kappa shape index (κ1) is 20.3. The number of carbonyl (C=O) groups is 3. The van der Waals surface area contributed by atoms with Crippen molar-refractivity contribution in [3.63, 3.8) is 0 Å². The van der Waals surface area contributed by atoms with E-state index in [4.69, 9.17) is 5.73 Å². The van der Waals surface area contributed by atoms with E-state index in [0.717, 1.165) is 0 Å². The molecule has 1 aromatic carbocycles. The van der Waals surface area contributed by atoms with Crippen LogP contribution in [0.3, 0.4) is 0 Å². The number of nitrogens with one attached hydrogen (secondary N) is 1. The maximum Gasteiger partial charge on any atom is 0.327 e. The van der Waals surface area contributed by atoms with Gasteiger partial charge < -0.3 is 21.1 Å². The Hall–Kier alpha value is -1.06. The van der Waals surface area contributed by atoms with Crippen LogP contribution < -0.4 is 11.1 Å². The number of carboxylic acid groups (broad SMARTS) is 1. The largest absolute Gasteiger partial charge is 0.480 e. The van der Waals surface area contributed by atoms with Crippen molar-refractivity contribution in [3.05, 3.63) is 35.9 Å². The molecule has 2 aliphatic rings. The van der Waals surface area contributed by atoms with Crippen LogP contribution in [0.25, 0.3) is 0 Å². The third-order valence-corrected chi connectivity index (χ3v) is 5.99. The normalized spacial score (nSPS) is 27.6. The van der Waals surface area contributed by atoms with Gasteiger partial charge in [0.25, 0.3) is 0 Å². The molecule has 7 nitrogen and oxygen atoms in total. The molecule has 0 unspecified atom stereocenters. The summed E-state index contributed by atoms with van der Waals surface area (Å²) in [6.45, 7) is 3.58. The van der Waals surface area contributed by atoms with Crippen molar-refractivity contribution in [1.82, 2.24) is 10.2 Å². The van der Waals surface area contributed by atoms with Crippen LogP contribution in [0.5, 0.6) is 0 Å². The van der Waals surface area contributed by atoms with Crippen LogP contribution in [0, 0.1) is 0 Å². The standard InChI is InChI=1S/C16H19N3O4S.Na/c1-16(2)11(15(22)23)19-13(21)10(14(19)24-16)18-12(20)9(17)8-6-4-3-5-7-8;/h3-7,9-11,14H,17H2,1-2H3,(H,18,20)(H,22,23);/t9-,10-,11+,14-;/m1./s1. The van der Waals surface area contributed by atoms with Crippen LogP contribution in [-0.4, -0.2) is 79.6 Å². The maximum atomic E-state index is 12.3. The number of β-lactam (4-membered cyclic amide) rings is 1. The number of fused-ring (bicyclic) bond motifs is 1. The number of carboxylic acids is 1. The predicted molar refractivity (Wildman–Crippen MR) is 94.8 cm³/mol. The molecule has 0 saturated carbocycles. The third-order valence-electron chi connectivity index (χ3n) is 4.41. The second-order valence-corrected chi connectivity index (χ2v) is 8.24. The molecule has 2 heterocycles. The summed E-state index contributed by atoms with van der Waals surface area (Å²) >= 11 is 1.38. The van der Waals surface area contributed by atoms with E-state index in [1.807, 2.05) is 6.07 Å². The number of hydrogen-bond acceptors (Lipinski definition) is 5. The Labute approximate surface area is 172 Å². The number of rotatable bonds is 4. The van der Waals surface area contributed by atoms with Crippen molar-refractivity contribution >= 4 is 59.1 Å². The van der Waals surface area contributed by atoms with Gasteiger partial charge in [-0.2, -0.15) is 0 Å². The zero-order valence-electron chi connectivity index (χ0n) is 14.3. The number of aliphatic carboxylic acids is 1. The molecule has 4 atom stereocenters. The molecule has 0 aromatic heterocycles. The maximum absolute atomic E-state index is 12.3. The number of amides is 2. The quantitative estimate of drug-likeness (QED) is 0.504. The fourth-order valence-corrected chi connectivity index (χ4v) is 4.83. The van der Waals surface area contributed by atoms with Crippen LogP contribution >= 0.6 is 11.8 Å². The molecule has 9 heteroatoms. The van der Waals surface area contributed by atoms with Crippen LogP contribution in [0.2, 0.25) is 0 Å². The summed E-state index contributed by atoms with van der Waals surface area (Å²) in [5.41, 5.74) is 6.59. The number of nitrogens with zero attached hydrogens (tertiary/aromatic N) is 1. The van der Waals surface area contributed by atoms with Crippen LogP contribution in [-0.2, 0) is 14.4 Å². The number of nitrogens with two attached hydrogens (primary N) is 1. The molecule has 3 rings (SSSR count). The molecule has 4 N–H and O–H groups in total. The minimum absolute atomic E-state index is 0. The van der Waals surface area contributed by atoms with Crippen molar-refractivity contribution in [3.8, 4) is 0 Å². The summed E-state index contributed by atoms with van der Waals surface area (Å²) in [5.74, 6) is -1.86. The number of benzene rings is 1. The fourth-order valence-electron chi connectivity index (χ4n) is 3.20. The zero-order chi connectivity index (χ0) is 17.6. The van der Waals surface area contributed by atoms with Gasteiger partial charge in [0.15, 0.2) is 0 Å². The molecular formula is C16H19N3NaO4S. The van der Waals surface area contributed by atoms with E-state index in [-0.39, 0.29) is 40.8 Å². The Kier molecular flexibility index (Phi) is 5.90. The SMILES string of the molecule is CC1(C)S[C@@H]2[C@H](NC(=O)[C@H](N)c3ccccc3)C(=O)N2[C@H]1C(=O)O.[Na]. The molecule has 25 heavy (non-hydrogen) atoms. The first-order valence-corrected chi connectivity index (χ1v) is 8.45. The van der Waals surface area contributed by atoms with Gasteiger partial charge in [-0.3, -0.25) is 9.59 Å². The summed E-state index contributed by atoms with van der Waals surface area (Å²) < 4.78 is -0.618. The summed E-state index contributed by atoms with van der Waals surface area (Å²) in [6.07, 6.45) is 0. The van der Waals surface area contributed by atoms with Gasteiger partial charge in [-0.1, -0.05) is 30.3 Å². The van der Waals surface area contributed by atoms with Gasteiger partial charge in [-0.25, -0.2) is 4.79 Å². The Balaban J connectivity index is 0.00000225. The molecular weight excluding hydrogens is 353 g/mol. The van der Waals surface area contributed by atoms with Crippen molar-refractivity contribution in [2.75, 3.05) is 0 Å². The summed E-state index contributed by atoms with van der Waals surface area (Å²) in [4.78, 5) is 37.5. The third kappa shape index (κ3) is 3.46. The van der Waals surface area contributed by atoms with Gasteiger partial charge in [-0.05, 0) is 19.4 Å². The van der Waals surface area contributed by atoms with E-state index in [1.54, 1.807) is 38.1 Å². The van der Waals surface area contributed by atoms with Crippen molar-refractivity contribution in [2.45, 2.75) is 42.1 Å². The monoisotopic (exact) mass is 372 g/mol. The van der Waals surface area contributed by atoms with Gasteiger partial charge in [0.05, 0.1) is 0 Å². The molecule has 1 radical (unpaired) electrons. The first-order chi connectivity index (χ1) is 11.2. The van der Waals surface area contributed by atoms with Crippen molar-refractivity contribution in [2.24, 2.45) is 5.73 Å². The smallest absolute Gasteiger partial charge is 0.327 e. The summed E-state index contributed by atoms with van der Waals surface area (Å²) in [7, 11) is 0. The summed E-state index contributed by atoms with van der Waals surface area (Å²) in [6, 6.07) is 6.38. The molecule has 0 aliphatic carbocycles. The van der Waals surface area contributed by atoms with Crippen LogP contribution in [0.15, 0.2) is 30.3 Å². The van der Waals surface area contributed by atoms with E-state index < -0.39 is 34.7 Å². The van der Waals surface area contributed by atoms with Gasteiger partial charge in [0.2, 0.25) is 11.8 Å². The average molecular weight is 372 g/mol. The van der Waals surface area contributed by atoms with Crippen molar-refractivity contribution in [1.29, 1.82) is 0 Å². The van der Waals surface area contributed by atoms with E-state index >= 15 is 0 Å². The second kappa shape index (κ2) is 7.28. The minimum atomic E-state index is -1.03. The van der Waals surface area contributed by atoms with E-state index in [0.29, 0.717) is 5.56 Å². The number of thioether (sulfide) groups is 1. The molecule has 2 amide bonds. The first-order valence-electron chi connectivity index (χ1n) is 7.58. The zero-order valence-corrected chi connectivity index (χ0v) is 17.1. The van der Waals surface area contributed by atoms with Gasteiger partial charge in [-0.15, -0.1) is 11.8 Å². The van der Waals surface area contributed by atoms with Gasteiger partial charge in [0, 0.05) is 34.3 Å². The van der Waals surface area contributed by atoms with E-state index in [2.05, 4.69) is 5.32 Å². The molecule has 129 valence electrons. The topological polar surface area (TPSA) is 113 Å². The Morgan fingerprint density at radius 1 is 1.32 bits per heavy atom. The Bertz CT molecular complexity index is 700. The van der Waals surface area contributed by atoms with Crippen molar-refractivity contribution < 1.29 is 19.5 Å². The molecule has 2 fully saturated rings. The predicted octanol–water partition coefficient (Wildman–Crippen LogP) is -0.0627. The number of hydrogen-bond donors (Lipinski definition) is 3. The minimum Gasteiger partial charge on any atom is -0.480 e. The Morgan fingerprint density at radius 3 is 2.48 bits per heavy atom. The molecule has 0 spiro atoms. The van der Waals surface area contributed by atoms with Crippen LogP contribution in [0.4, 0.5) is 0 Å².